The summed E-state index contributed by atoms with van der Waals surface area (Å²) in [5, 5.41) is 7.85. The van der Waals surface area contributed by atoms with Gasteiger partial charge in [0, 0.05) is 0 Å². The summed E-state index contributed by atoms with van der Waals surface area (Å²) in [6, 6.07) is 0. The summed E-state index contributed by atoms with van der Waals surface area (Å²) >= 11 is 2.34. The van der Waals surface area contributed by atoms with Gasteiger partial charge in [0.05, 0.1) is 0 Å². The minimum atomic E-state index is 0.0638. The van der Waals surface area contributed by atoms with Gasteiger partial charge in [-0.15, -0.1) is 0 Å². The van der Waals surface area contributed by atoms with E-state index in [1.54, 1.807) is 0 Å². The molecule has 52 valence electrons. The minimum absolute atomic E-state index is 0.0638. The van der Waals surface area contributed by atoms with Crippen molar-refractivity contribution >= 4 is 22.6 Å². The molecule has 0 saturated carbocycles. The molecule has 1 rings (SSSR count). The Labute approximate surface area is 78.0 Å². The number of alkyl halides is 2. The van der Waals surface area contributed by atoms with Crippen molar-refractivity contribution in [3.63, 3.8) is 0 Å². The standard InChI is InChI=1S/C4H6I2N3/c1-6-9-3-4(2-5)7-8-9/h3H,2H2,1H3/q-1. The topological polar surface area (TPSA) is 30.7 Å². The molecule has 0 amide bonds. The van der Waals surface area contributed by atoms with Crippen molar-refractivity contribution in [2.45, 2.75) is 4.43 Å². The zero-order chi connectivity index (χ0) is 6.69. The maximum atomic E-state index is 3.94. The van der Waals surface area contributed by atoms with Crippen LogP contribution >= 0.6 is 22.6 Å². The van der Waals surface area contributed by atoms with Crippen LogP contribution in [0.15, 0.2) is 6.20 Å². The molecule has 0 aliphatic rings. The van der Waals surface area contributed by atoms with E-state index in [9.17, 15) is 0 Å². The van der Waals surface area contributed by atoms with Crippen LogP contribution in [0.1, 0.15) is 5.69 Å². The molecule has 0 fully saturated rings. The van der Waals surface area contributed by atoms with Gasteiger partial charge in [-0.2, -0.15) is 0 Å². The van der Waals surface area contributed by atoms with Crippen LogP contribution in [0.4, 0.5) is 0 Å². The second kappa shape index (κ2) is 3.69. The van der Waals surface area contributed by atoms with E-state index in [-0.39, 0.29) is 21.5 Å². The van der Waals surface area contributed by atoms with E-state index >= 15 is 0 Å². The summed E-state index contributed by atoms with van der Waals surface area (Å²) in [6.07, 6.45) is 2.01. The molecular weight excluding hydrogens is 344 g/mol. The molecule has 0 saturated heterocycles. The molecule has 0 aromatic carbocycles. The first-order valence-electron chi connectivity index (χ1n) is 2.34. The second-order valence-corrected chi connectivity index (χ2v) is 4.12. The predicted molar refractivity (Wildman–Crippen MR) is 39.1 cm³/mol. The Kier molecular flexibility index (Phi) is 3.16. The number of rotatable bonds is 2. The van der Waals surface area contributed by atoms with E-state index in [4.69, 9.17) is 0 Å². The Morgan fingerprint density at radius 3 is 3.00 bits per heavy atom. The van der Waals surface area contributed by atoms with Crippen molar-refractivity contribution in [2.75, 3.05) is 4.93 Å². The van der Waals surface area contributed by atoms with Crippen LogP contribution in [0.25, 0.3) is 0 Å². The molecule has 0 atom stereocenters. The average molecular weight is 350 g/mol. The molecule has 3 nitrogen and oxygen atoms in total. The first-order chi connectivity index (χ1) is 4.36. The SMILES string of the molecule is C[I-]n1cc(CI)nn1. The van der Waals surface area contributed by atoms with Crippen LogP contribution in [-0.2, 0) is 4.43 Å². The Hall–Kier alpha value is 0.600. The molecule has 0 aliphatic carbocycles. The average Bonchev–Trinajstić information content (AvgIpc) is 2.34. The first-order valence-corrected chi connectivity index (χ1v) is 6.99. The van der Waals surface area contributed by atoms with E-state index in [2.05, 4.69) is 37.8 Å². The van der Waals surface area contributed by atoms with Gasteiger partial charge in [0.1, 0.15) is 0 Å². The van der Waals surface area contributed by atoms with Crippen molar-refractivity contribution in [3.8, 4) is 0 Å². The normalized spacial score (nSPS) is 10.4. The molecular formula is C4H6I2N3-. The molecule has 0 radical (unpaired) electrons. The van der Waals surface area contributed by atoms with E-state index in [0.29, 0.717) is 0 Å². The first kappa shape index (κ1) is 7.70. The number of nitrogens with zero attached hydrogens (tertiary/aromatic N) is 3. The molecule has 0 spiro atoms. The third-order valence-electron chi connectivity index (χ3n) is 0.824. The number of hydrogen-bond acceptors (Lipinski definition) is 2. The van der Waals surface area contributed by atoms with Gasteiger partial charge in [-0.25, -0.2) is 0 Å². The Balaban J connectivity index is 2.74. The molecule has 9 heavy (non-hydrogen) atoms. The number of halogens is 2. The molecule has 0 bridgehead atoms. The van der Waals surface area contributed by atoms with Crippen molar-refractivity contribution < 1.29 is 21.5 Å². The van der Waals surface area contributed by atoms with Gasteiger partial charge >= 0.3 is 78.5 Å². The zero-order valence-electron chi connectivity index (χ0n) is 4.88. The summed E-state index contributed by atoms with van der Waals surface area (Å²) in [5.41, 5.74) is 1.08. The van der Waals surface area contributed by atoms with Gasteiger partial charge in [-0.1, -0.05) is 0 Å². The van der Waals surface area contributed by atoms with E-state index < -0.39 is 0 Å². The third-order valence-corrected chi connectivity index (χ3v) is 3.07. The molecule has 1 heterocycles. The van der Waals surface area contributed by atoms with Crippen LogP contribution in [-0.4, -0.2) is 18.1 Å². The van der Waals surface area contributed by atoms with Gasteiger partial charge in [-0.3, -0.25) is 0 Å². The molecule has 1 aromatic rings. The number of hydrogen-bond donors (Lipinski definition) is 0. The Morgan fingerprint density at radius 1 is 1.89 bits per heavy atom. The molecule has 0 unspecified atom stereocenters. The van der Waals surface area contributed by atoms with Crippen LogP contribution < -0.4 is 21.5 Å². The summed E-state index contributed by atoms with van der Waals surface area (Å²) < 4.78 is 2.90. The van der Waals surface area contributed by atoms with E-state index in [0.717, 1.165) is 10.1 Å². The van der Waals surface area contributed by atoms with E-state index in [1.807, 2.05) is 9.09 Å². The predicted octanol–water partition coefficient (Wildman–Crippen LogP) is -2.30. The molecule has 5 heteroatoms. The second-order valence-electron chi connectivity index (χ2n) is 1.40. The van der Waals surface area contributed by atoms with E-state index in [1.165, 1.54) is 0 Å². The van der Waals surface area contributed by atoms with Crippen LogP contribution in [0, 0.1) is 0 Å². The molecule has 1 aromatic heterocycles. The van der Waals surface area contributed by atoms with Crippen molar-refractivity contribution in [2.24, 2.45) is 0 Å². The van der Waals surface area contributed by atoms with Gasteiger partial charge in [-0.05, 0) is 0 Å². The molecule has 0 N–H and O–H groups in total. The van der Waals surface area contributed by atoms with Gasteiger partial charge in [0.15, 0.2) is 0 Å². The summed E-state index contributed by atoms with van der Waals surface area (Å²) in [5.74, 6) is 0. The monoisotopic (exact) mass is 350 g/mol. The fraction of sp³-hybridized carbons (Fsp3) is 0.500. The Morgan fingerprint density at radius 2 is 2.67 bits per heavy atom. The fourth-order valence-corrected chi connectivity index (χ4v) is 1.66. The van der Waals surface area contributed by atoms with Crippen molar-refractivity contribution in [1.82, 2.24) is 13.2 Å². The van der Waals surface area contributed by atoms with Gasteiger partial charge in [0.2, 0.25) is 0 Å². The maximum absolute atomic E-state index is 3.94. The van der Waals surface area contributed by atoms with Crippen molar-refractivity contribution in [3.05, 3.63) is 11.9 Å². The number of aromatic nitrogens is 3. The van der Waals surface area contributed by atoms with Crippen LogP contribution in [0.2, 0.25) is 0 Å². The van der Waals surface area contributed by atoms with Gasteiger partial charge < -0.3 is 0 Å². The Bertz CT molecular complexity index is 167. The summed E-state index contributed by atoms with van der Waals surface area (Å²) in [4.78, 5) is 2.16. The van der Waals surface area contributed by atoms with Crippen LogP contribution in [0.3, 0.4) is 0 Å². The fourth-order valence-electron chi connectivity index (χ4n) is 0.419. The summed E-state index contributed by atoms with van der Waals surface area (Å²) in [6.45, 7) is 0. The third kappa shape index (κ3) is 2.03. The van der Waals surface area contributed by atoms with Crippen LogP contribution in [0.5, 0.6) is 0 Å². The van der Waals surface area contributed by atoms with Gasteiger partial charge in [0.25, 0.3) is 0 Å². The molecule has 0 aliphatic heterocycles. The zero-order valence-corrected chi connectivity index (χ0v) is 9.20. The summed E-state index contributed by atoms with van der Waals surface area (Å²) in [7, 11) is 0. The van der Waals surface area contributed by atoms with Crippen molar-refractivity contribution in [1.29, 1.82) is 0 Å². The quantitative estimate of drug-likeness (QED) is 0.444.